The average Bonchev–Trinajstić information content (AvgIpc) is 3.43. The highest BCUT2D eigenvalue weighted by atomic mass is 16.6. The van der Waals surface area contributed by atoms with Gasteiger partial charge < -0.3 is 14.2 Å². The molecule has 0 aromatic heterocycles. The van der Waals surface area contributed by atoms with Crippen molar-refractivity contribution in [2.75, 3.05) is 13.2 Å². The number of carbonyl (C=O) groups is 3. The molecule has 0 heterocycles. The van der Waals surface area contributed by atoms with Crippen LogP contribution in [0.15, 0.2) is 24.3 Å². The van der Waals surface area contributed by atoms with E-state index in [1.54, 1.807) is 0 Å². The van der Waals surface area contributed by atoms with Crippen LogP contribution in [-0.4, -0.2) is 37.2 Å². The van der Waals surface area contributed by atoms with Gasteiger partial charge in [0.25, 0.3) is 0 Å². The first-order valence-electron chi connectivity index (χ1n) is 34.8. The van der Waals surface area contributed by atoms with Gasteiger partial charge >= 0.3 is 17.9 Å². The molecular weight excluding hydrogens is 949 g/mol. The molecule has 0 aliphatic rings. The molecule has 0 amide bonds. The van der Waals surface area contributed by atoms with Gasteiger partial charge in [0.15, 0.2) is 6.10 Å². The van der Waals surface area contributed by atoms with Crippen LogP contribution in [0.5, 0.6) is 0 Å². The fourth-order valence-corrected chi connectivity index (χ4v) is 10.7. The summed E-state index contributed by atoms with van der Waals surface area (Å²) in [7, 11) is 0. The molecule has 0 fully saturated rings. The van der Waals surface area contributed by atoms with Gasteiger partial charge in [0, 0.05) is 19.3 Å². The van der Waals surface area contributed by atoms with E-state index in [1.165, 1.54) is 283 Å². The fourth-order valence-electron chi connectivity index (χ4n) is 10.7. The fraction of sp³-hybridized carbons (Fsp3) is 0.901. The highest BCUT2D eigenvalue weighted by Gasteiger charge is 2.19. The van der Waals surface area contributed by atoms with E-state index in [2.05, 4.69) is 45.1 Å². The monoisotopic (exact) mass is 1080 g/mol. The molecule has 454 valence electrons. The van der Waals surface area contributed by atoms with Gasteiger partial charge in [-0.05, 0) is 51.4 Å². The van der Waals surface area contributed by atoms with Gasteiger partial charge in [-0.2, -0.15) is 0 Å². The number of ether oxygens (including phenoxy) is 3. The summed E-state index contributed by atoms with van der Waals surface area (Å²) in [6, 6.07) is 0. The Balaban J connectivity index is 4.12. The maximum atomic E-state index is 12.9. The van der Waals surface area contributed by atoms with Gasteiger partial charge in [-0.1, -0.05) is 347 Å². The predicted molar refractivity (Wildman–Crippen MR) is 335 cm³/mol. The van der Waals surface area contributed by atoms with Crippen LogP contribution in [0.1, 0.15) is 393 Å². The number of carbonyl (C=O) groups excluding carboxylic acids is 3. The molecule has 0 rings (SSSR count). The summed E-state index contributed by atoms with van der Waals surface area (Å²) in [6.45, 7) is 6.68. The molecule has 0 spiro atoms. The second-order valence-corrected chi connectivity index (χ2v) is 23.8. The summed E-state index contributed by atoms with van der Waals surface area (Å²) in [5.41, 5.74) is 0. The Morgan fingerprint density at radius 1 is 0.260 bits per heavy atom. The van der Waals surface area contributed by atoms with E-state index in [1.807, 2.05) is 0 Å². The van der Waals surface area contributed by atoms with E-state index in [0.717, 1.165) is 70.6 Å². The highest BCUT2D eigenvalue weighted by Crippen LogP contribution is 2.19. The smallest absolute Gasteiger partial charge is 0.306 e. The third kappa shape index (κ3) is 64.6. The number of hydrogen-bond acceptors (Lipinski definition) is 6. The van der Waals surface area contributed by atoms with Crippen LogP contribution in [0.2, 0.25) is 0 Å². The van der Waals surface area contributed by atoms with Crippen molar-refractivity contribution in [3.8, 4) is 0 Å². The van der Waals surface area contributed by atoms with Crippen LogP contribution in [0.3, 0.4) is 0 Å². The predicted octanol–water partition coefficient (Wildman–Crippen LogP) is 23.8. The summed E-state index contributed by atoms with van der Waals surface area (Å²) in [4.78, 5) is 38.3. The van der Waals surface area contributed by atoms with Crippen molar-refractivity contribution in [1.82, 2.24) is 0 Å². The number of unbranched alkanes of at least 4 members (excludes halogenated alkanes) is 50. The van der Waals surface area contributed by atoms with Crippen LogP contribution in [0.25, 0.3) is 0 Å². The first-order valence-corrected chi connectivity index (χ1v) is 34.8. The quantitative estimate of drug-likeness (QED) is 0.0261. The van der Waals surface area contributed by atoms with Gasteiger partial charge in [-0.3, -0.25) is 14.4 Å². The SMILES string of the molecule is CCCCC/C=C\C/C=C\CCCCCCCCCC(=O)OC(COC(=O)CCCCCCCCCCCCCC)COC(=O)CCCCCCCCCCCCCCCCCCCCCCCCCCCCCCCC. The van der Waals surface area contributed by atoms with Crippen molar-refractivity contribution >= 4 is 17.9 Å². The minimum Gasteiger partial charge on any atom is -0.462 e. The summed E-state index contributed by atoms with van der Waals surface area (Å²) in [6.07, 6.45) is 80.7. The molecule has 6 nitrogen and oxygen atoms in total. The van der Waals surface area contributed by atoms with Crippen LogP contribution in [0, 0.1) is 0 Å². The lowest BCUT2D eigenvalue weighted by Crippen LogP contribution is -2.30. The van der Waals surface area contributed by atoms with E-state index in [0.29, 0.717) is 19.3 Å². The molecule has 6 heteroatoms. The van der Waals surface area contributed by atoms with Gasteiger partial charge in [-0.25, -0.2) is 0 Å². The molecule has 0 saturated heterocycles. The lowest BCUT2D eigenvalue weighted by molar-refractivity contribution is -0.167. The Hall–Kier alpha value is -2.11. The summed E-state index contributed by atoms with van der Waals surface area (Å²) < 4.78 is 16.9. The molecule has 0 bridgehead atoms. The molecule has 0 aromatic rings. The third-order valence-corrected chi connectivity index (χ3v) is 16.0. The van der Waals surface area contributed by atoms with Gasteiger partial charge in [0.2, 0.25) is 0 Å². The van der Waals surface area contributed by atoms with Crippen molar-refractivity contribution in [2.24, 2.45) is 0 Å². The number of esters is 3. The van der Waals surface area contributed by atoms with Gasteiger partial charge in [0.05, 0.1) is 0 Å². The van der Waals surface area contributed by atoms with Crippen LogP contribution in [-0.2, 0) is 28.6 Å². The van der Waals surface area contributed by atoms with E-state index in [4.69, 9.17) is 14.2 Å². The highest BCUT2D eigenvalue weighted by molar-refractivity contribution is 5.71. The number of allylic oxidation sites excluding steroid dienone is 4. The average molecular weight is 1080 g/mol. The lowest BCUT2D eigenvalue weighted by atomic mass is 10.0. The summed E-state index contributed by atoms with van der Waals surface area (Å²) in [5.74, 6) is -0.848. The van der Waals surface area contributed by atoms with E-state index < -0.39 is 6.10 Å². The Kier molecular flexibility index (Phi) is 64.6. The minimum absolute atomic E-state index is 0.0685. The maximum Gasteiger partial charge on any atom is 0.306 e. The van der Waals surface area contributed by atoms with Crippen molar-refractivity contribution in [3.63, 3.8) is 0 Å². The molecule has 77 heavy (non-hydrogen) atoms. The molecular formula is C71H134O6. The largest absolute Gasteiger partial charge is 0.462 e. The maximum absolute atomic E-state index is 12.9. The Morgan fingerprint density at radius 2 is 0.468 bits per heavy atom. The molecule has 0 aliphatic heterocycles. The molecule has 0 aliphatic carbocycles. The molecule has 0 saturated carbocycles. The molecule has 0 aromatic carbocycles. The van der Waals surface area contributed by atoms with E-state index in [9.17, 15) is 14.4 Å². The van der Waals surface area contributed by atoms with Crippen molar-refractivity contribution in [1.29, 1.82) is 0 Å². The van der Waals surface area contributed by atoms with Crippen LogP contribution in [0.4, 0.5) is 0 Å². The molecule has 0 N–H and O–H groups in total. The second kappa shape index (κ2) is 66.4. The van der Waals surface area contributed by atoms with Crippen molar-refractivity contribution in [2.45, 2.75) is 399 Å². The van der Waals surface area contributed by atoms with Gasteiger partial charge in [-0.15, -0.1) is 0 Å². The number of hydrogen-bond donors (Lipinski definition) is 0. The van der Waals surface area contributed by atoms with Gasteiger partial charge in [0.1, 0.15) is 13.2 Å². The van der Waals surface area contributed by atoms with E-state index in [-0.39, 0.29) is 31.1 Å². The second-order valence-electron chi connectivity index (χ2n) is 23.8. The van der Waals surface area contributed by atoms with Crippen molar-refractivity contribution in [3.05, 3.63) is 24.3 Å². The zero-order valence-corrected chi connectivity index (χ0v) is 52.3. The third-order valence-electron chi connectivity index (χ3n) is 16.0. The van der Waals surface area contributed by atoms with Crippen molar-refractivity contribution < 1.29 is 28.6 Å². The summed E-state index contributed by atoms with van der Waals surface area (Å²) >= 11 is 0. The van der Waals surface area contributed by atoms with Crippen LogP contribution >= 0.6 is 0 Å². The summed E-state index contributed by atoms with van der Waals surface area (Å²) in [5, 5.41) is 0. The topological polar surface area (TPSA) is 78.9 Å². The minimum atomic E-state index is -0.772. The number of rotatable bonds is 65. The zero-order chi connectivity index (χ0) is 55.7. The Morgan fingerprint density at radius 3 is 0.740 bits per heavy atom. The first kappa shape index (κ1) is 74.9. The lowest BCUT2D eigenvalue weighted by Gasteiger charge is -2.18. The Labute approximate surface area is 481 Å². The molecule has 1 atom stereocenters. The van der Waals surface area contributed by atoms with E-state index >= 15 is 0 Å². The van der Waals surface area contributed by atoms with Crippen LogP contribution < -0.4 is 0 Å². The zero-order valence-electron chi connectivity index (χ0n) is 52.3. The first-order chi connectivity index (χ1) is 38.0. The standard InChI is InChI=1S/C71H134O6/c1-4-7-10-13-16-19-22-25-27-29-30-31-32-33-34-35-36-37-38-39-40-41-43-44-46-49-52-55-58-61-64-70(73)76-67-68(66-75-69(72)63-60-57-54-51-48-24-21-18-15-12-9-6-3)77-71(74)65-62-59-56-53-50-47-45-42-28-26-23-20-17-14-11-8-5-2/h17,20,26,28,68H,4-16,18-19,21-25,27,29-67H2,1-3H3/b20-17-,28-26-. The molecule has 0 radical (unpaired) electrons. The normalized spacial score (nSPS) is 12.1. The molecule has 1 unspecified atom stereocenters. The Bertz CT molecular complexity index is 1240.